The molecule has 0 radical (unpaired) electrons. The van der Waals surface area contributed by atoms with Crippen LogP contribution in [-0.2, 0) is 16.4 Å². The summed E-state index contributed by atoms with van der Waals surface area (Å²) in [5.74, 6) is 1.46. The molecule has 0 spiro atoms. The molecule has 0 amide bonds. The second-order valence-corrected chi connectivity index (χ2v) is 7.68. The van der Waals surface area contributed by atoms with Crippen molar-refractivity contribution >= 4 is 10.0 Å². The highest BCUT2D eigenvalue weighted by Crippen LogP contribution is 2.30. The third kappa shape index (κ3) is 4.32. The van der Waals surface area contributed by atoms with Gasteiger partial charge in [0.1, 0.15) is 11.5 Å². The molecule has 6 heteroatoms. The van der Waals surface area contributed by atoms with Gasteiger partial charge in [-0.1, -0.05) is 12.1 Å². The topological polar surface area (TPSA) is 64.6 Å². The van der Waals surface area contributed by atoms with E-state index in [0.717, 1.165) is 16.9 Å². The molecular weight excluding hydrogens is 338 g/mol. The third-order valence-corrected chi connectivity index (χ3v) is 6.06. The lowest BCUT2D eigenvalue weighted by atomic mass is 10.1. The molecule has 0 heterocycles. The van der Waals surface area contributed by atoms with Crippen molar-refractivity contribution in [1.29, 1.82) is 0 Å². The quantitative estimate of drug-likeness (QED) is 0.821. The van der Waals surface area contributed by atoms with Crippen molar-refractivity contribution in [3.05, 3.63) is 52.6 Å². The van der Waals surface area contributed by atoms with Crippen LogP contribution in [0.5, 0.6) is 11.5 Å². The summed E-state index contributed by atoms with van der Waals surface area (Å²) in [6.07, 6.45) is 0.587. The van der Waals surface area contributed by atoms with Gasteiger partial charge in [-0.15, -0.1) is 0 Å². The number of sulfonamides is 1. The Labute approximate surface area is 150 Å². The van der Waals surface area contributed by atoms with Crippen LogP contribution in [0.15, 0.2) is 35.2 Å². The molecule has 2 aromatic rings. The predicted octanol–water partition coefficient (Wildman–Crippen LogP) is 3.15. The Hall–Kier alpha value is -2.05. The molecule has 0 saturated carbocycles. The van der Waals surface area contributed by atoms with Crippen molar-refractivity contribution in [1.82, 2.24) is 4.72 Å². The molecular formula is C19H25NO4S. The lowest BCUT2D eigenvalue weighted by Gasteiger charge is -2.16. The van der Waals surface area contributed by atoms with Crippen molar-refractivity contribution < 1.29 is 17.9 Å². The molecule has 0 aliphatic carbocycles. The van der Waals surface area contributed by atoms with Gasteiger partial charge in [0.15, 0.2) is 0 Å². The fraction of sp³-hybridized carbons (Fsp3) is 0.368. The minimum absolute atomic E-state index is 0.319. The molecule has 2 rings (SSSR count). The Kier molecular flexibility index (Phi) is 6.08. The maximum atomic E-state index is 12.8. The molecule has 0 aromatic heterocycles. The summed E-state index contributed by atoms with van der Waals surface area (Å²) in [7, 11) is -0.396. The average Bonchev–Trinajstić information content (AvgIpc) is 2.58. The van der Waals surface area contributed by atoms with E-state index in [0.29, 0.717) is 34.7 Å². The second-order valence-electron chi connectivity index (χ2n) is 5.97. The lowest BCUT2D eigenvalue weighted by molar-refractivity contribution is 0.410. The molecule has 0 fully saturated rings. The molecule has 136 valence electrons. The van der Waals surface area contributed by atoms with E-state index in [-0.39, 0.29) is 0 Å². The summed E-state index contributed by atoms with van der Waals surface area (Å²) < 4.78 is 38.7. The minimum Gasteiger partial charge on any atom is -0.497 e. The number of methoxy groups -OCH3 is 2. The maximum Gasteiger partial charge on any atom is 0.241 e. The van der Waals surface area contributed by atoms with Crippen LogP contribution in [0, 0.1) is 20.8 Å². The first-order chi connectivity index (χ1) is 11.8. The Balaban J connectivity index is 2.18. The molecule has 0 saturated heterocycles. The van der Waals surface area contributed by atoms with Crippen molar-refractivity contribution in [2.75, 3.05) is 20.8 Å². The molecule has 0 atom stereocenters. The molecule has 0 unspecified atom stereocenters. The van der Waals surface area contributed by atoms with Gasteiger partial charge in [0.25, 0.3) is 0 Å². The van der Waals surface area contributed by atoms with Crippen LogP contribution in [0.2, 0.25) is 0 Å². The minimum atomic E-state index is -3.59. The molecule has 25 heavy (non-hydrogen) atoms. The standard InChI is InChI=1S/C19H25NO4S/c1-13-11-18(24-5)14(2)15(3)19(13)25(21,22)20-10-9-16-7-6-8-17(12-16)23-4/h6-8,11-12,20H,9-10H2,1-5H3. The summed E-state index contributed by atoms with van der Waals surface area (Å²) >= 11 is 0. The molecule has 0 aliphatic heterocycles. The first-order valence-corrected chi connectivity index (χ1v) is 9.56. The van der Waals surface area contributed by atoms with Gasteiger partial charge < -0.3 is 9.47 Å². The van der Waals surface area contributed by atoms with E-state index in [4.69, 9.17) is 9.47 Å². The van der Waals surface area contributed by atoms with Gasteiger partial charge in [-0.3, -0.25) is 0 Å². The Morgan fingerprint density at radius 2 is 1.72 bits per heavy atom. The van der Waals surface area contributed by atoms with E-state index in [1.165, 1.54) is 0 Å². The number of hydrogen-bond acceptors (Lipinski definition) is 4. The molecule has 5 nitrogen and oxygen atoms in total. The van der Waals surface area contributed by atoms with Gasteiger partial charge in [-0.2, -0.15) is 0 Å². The first-order valence-electron chi connectivity index (χ1n) is 8.07. The van der Waals surface area contributed by atoms with Crippen LogP contribution < -0.4 is 14.2 Å². The summed E-state index contributed by atoms with van der Waals surface area (Å²) in [5, 5.41) is 0. The highest BCUT2D eigenvalue weighted by molar-refractivity contribution is 7.89. The Morgan fingerprint density at radius 1 is 1.00 bits per heavy atom. The molecule has 0 aliphatic rings. The van der Waals surface area contributed by atoms with E-state index in [2.05, 4.69) is 4.72 Å². The SMILES string of the molecule is COc1cccc(CCNS(=O)(=O)c2c(C)cc(OC)c(C)c2C)c1. The molecule has 1 N–H and O–H groups in total. The van der Waals surface area contributed by atoms with Gasteiger partial charge in [-0.05, 0) is 67.6 Å². The van der Waals surface area contributed by atoms with E-state index in [1.54, 1.807) is 27.2 Å². The van der Waals surface area contributed by atoms with Crippen molar-refractivity contribution in [3.63, 3.8) is 0 Å². The van der Waals surface area contributed by atoms with Gasteiger partial charge >= 0.3 is 0 Å². The number of hydrogen-bond donors (Lipinski definition) is 1. The van der Waals surface area contributed by atoms with Crippen molar-refractivity contribution in [2.24, 2.45) is 0 Å². The number of ether oxygens (including phenoxy) is 2. The van der Waals surface area contributed by atoms with E-state index >= 15 is 0 Å². The predicted molar refractivity (Wildman–Crippen MR) is 99.1 cm³/mol. The van der Waals surface area contributed by atoms with Gasteiger partial charge in [-0.25, -0.2) is 13.1 Å². The normalized spacial score (nSPS) is 11.4. The largest absolute Gasteiger partial charge is 0.497 e. The summed E-state index contributed by atoms with van der Waals surface area (Å²) in [6.45, 7) is 5.77. The zero-order valence-corrected chi connectivity index (χ0v) is 16.2. The van der Waals surface area contributed by atoms with Crippen LogP contribution in [0.25, 0.3) is 0 Å². The van der Waals surface area contributed by atoms with Crippen LogP contribution >= 0.6 is 0 Å². The summed E-state index contributed by atoms with van der Waals surface area (Å²) in [4.78, 5) is 0.330. The van der Waals surface area contributed by atoms with E-state index in [9.17, 15) is 8.42 Å². The molecule has 2 aromatic carbocycles. The Morgan fingerprint density at radius 3 is 2.36 bits per heavy atom. The van der Waals surface area contributed by atoms with Crippen molar-refractivity contribution in [2.45, 2.75) is 32.1 Å². The summed E-state index contributed by atoms with van der Waals surface area (Å²) in [6, 6.07) is 9.37. The monoisotopic (exact) mass is 363 g/mol. The van der Waals surface area contributed by atoms with Crippen LogP contribution in [0.1, 0.15) is 22.3 Å². The average molecular weight is 363 g/mol. The number of aryl methyl sites for hydroxylation is 1. The second kappa shape index (κ2) is 7.89. The van der Waals surface area contributed by atoms with Crippen LogP contribution in [0.3, 0.4) is 0 Å². The smallest absolute Gasteiger partial charge is 0.241 e. The third-order valence-electron chi connectivity index (χ3n) is 4.31. The zero-order valence-electron chi connectivity index (χ0n) is 15.3. The fourth-order valence-corrected chi connectivity index (χ4v) is 4.43. The van der Waals surface area contributed by atoms with Crippen LogP contribution in [0.4, 0.5) is 0 Å². The number of benzene rings is 2. The highest BCUT2D eigenvalue weighted by Gasteiger charge is 2.22. The fourth-order valence-electron chi connectivity index (χ4n) is 2.88. The first kappa shape index (κ1) is 19.3. The maximum absolute atomic E-state index is 12.8. The van der Waals surface area contributed by atoms with Crippen LogP contribution in [-0.4, -0.2) is 29.2 Å². The zero-order chi connectivity index (χ0) is 18.6. The number of rotatable bonds is 7. The highest BCUT2D eigenvalue weighted by atomic mass is 32.2. The molecule has 0 bridgehead atoms. The lowest BCUT2D eigenvalue weighted by Crippen LogP contribution is -2.27. The van der Waals surface area contributed by atoms with E-state index < -0.39 is 10.0 Å². The van der Waals surface area contributed by atoms with Crippen molar-refractivity contribution in [3.8, 4) is 11.5 Å². The van der Waals surface area contributed by atoms with Gasteiger partial charge in [0.2, 0.25) is 10.0 Å². The van der Waals surface area contributed by atoms with E-state index in [1.807, 2.05) is 38.1 Å². The Bertz CT molecular complexity index is 860. The number of nitrogens with one attached hydrogen (secondary N) is 1. The van der Waals surface area contributed by atoms with Gasteiger partial charge in [0, 0.05) is 6.54 Å². The summed E-state index contributed by atoms with van der Waals surface area (Å²) in [5.41, 5.74) is 3.24. The van der Waals surface area contributed by atoms with Gasteiger partial charge in [0.05, 0.1) is 19.1 Å².